The minimum Gasteiger partial charge on any atom is -0.448 e. The van der Waals surface area contributed by atoms with Crippen molar-refractivity contribution in [1.29, 1.82) is 0 Å². The molecule has 8 heteroatoms. The van der Waals surface area contributed by atoms with E-state index in [9.17, 15) is 9.59 Å². The van der Waals surface area contributed by atoms with E-state index in [0.29, 0.717) is 28.7 Å². The Hall–Kier alpha value is -2.45. The molecule has 0 fully saturated rings. The van der Waals surface area contributed by atoms with E-state index in [1.807, 2.05) is 30.3 Å². The van der Waals surface area contributed by atoms with Gasteiger partial charge in [0.15, 0.2) is 0 Å². The second-order valence-electron chi connectivity index (χ2n) is 5.32. The Kier molecular flexibility index (Phi) is 8.04. The van der Waals surface area contributed by atoms with Crippen LogP contribution in [0.15, 0.2) is 53.3 Å². The Labute approximate surface area is 160 Å². The van der Waals surface area contributed by atoms with Gasteiger partial charge in [0.25, 0.3) is 5.91 Å². The summed E-state index contributed by atoms with van der Waals surface area (Å²) in [6.45, 7) is 0.563. The highest BCUT2D eigenvalue weighted by molar-refractivity contribution is 9.10. The first-order valence-corrected chi connectivity index (χ1v) is 8.90. The Morgan fingerprint density at radius 3 is 2.69 bits per heavy atom. The van der Waals surface area contributed by atoms with Crippen molar-refractivity contribution >= 4 is 33.6 Å². The van der Waals surface area contributed by atoms with Gasteiger partial charge in [0, 0.05) is 35.7 Å². The standard InChI is InChI=1S/C18H20BrN3O4/c19-15-11-14(12-20-13-15)17(24)22(16-5-2-1-3-6-16)8-10-26-18(25)21-7-4-9-23/h1-3,5-6,11-13,23H,4,7-10H2,(H,21,25). The van der Waals surface area contributed by atoms with Gasteiger partial charge in [-0.3, -0.25) is 9.78 Å². The highest BCUT2D eigenvalue weighted by Gasteiger charge is 2.18. The fraction of sp³-hybridized carbons (Fsp3) is 0.278. The van der Waals surface area contributed by atoms with Crippen LogP contribution in [0, 0.1) is 0 Å². The molecule has 0 unspecified atom stereocenters. The van der Waals surface area contributed by atoms with Crippen molar-refractivity contribution in [2.45, 2.75) is 6.42 Å². The number of benzene rings is 1. The van der Waals surface area contributed by atoms with Gasteiger partial charge in [-0.05, 0) is 40.5 Å². The van der Waals surface area contributed by atoms with Gasteiger partial charge in [0.2, 0.25) is 0 Å². The van der Waals surface area contributed by atoms with E-state index in [-0.39, 0.29) is 25.7 Å². The number of carbonyl (C=O) groups excluding carboxylic acids is 2. The van der Waals surface area contributed by atoms with Crippen LogP contribution in [-0.2, 0) is 4.74 Å². The van der Waals surface area contributed by atoms with Gasteiger partial charge in [-0.15, -0.1) is 0 Å². The highest BCUT2D eigenvalue weighted by atomic mass is 79.9. The number of halogens is 1. The zero-order valence-corrected chi connectivity index (χ0v) is 15.7. The summed E-state index contributed by atoms with van der Waals surface area (Å²) in [5.74, 6) is -0.241. The molecule has 2 amide bonds. The van der Waals surface area contributed by atoms with Gasteiger partial charge in [-0.1, -0.05) is 18.2 Å². The molecule has 0 aliphatic heterocycles. The second kappa shape index (κ2) is 10.5. The maximum absolute atomic E-state index is 12.9. The fourth-order valence-electron chi connectivity index (χ4n) is 2.19. The number of ether oxygens (including phenoxy) is 1. The molecule has 0 spiro atoms. The second-order valence-corrected chi connectivity index (χ2v) is 6.24. The van der Waals surface area contributed by atoms with Crippen LogP contribution in [0.5, 0.6) is 0 Å². The summed E-state index contributed by atoms with van der Waals surface area (Å²) in [4.78, 5) is 30.0. The number of para-hydroxylation sites is 1. The molecule has 0 saturated heterocycles. The van der Waals surface area contributed by atoms with Gasteiger partial charge in [-0.2, -0.15) is 0 Å². The van der Waals surface area contributed by atoms with Crippen LogP contribution in [0.2, 0.25) is 0 Å². The molecule has 0 aliphatic carbocycles. The SMILES string of the molecule is O=C(NCCCO)OCCN(C(=O)c1cncc(Br)c1)c1ccccc1. The van der Waals surface area contributed by atoms with Crippen LogP contribution >= 0.6 is 15.9 Å². The van der Waals surface area contributed by atoms with Gasteiger partial charge in [-0.25, -0.2) is 4.79 Å². The number of aliphatic hydroxyl groups is 1. The molecule has 1 aromatic heterocycles. The van der Waals surface area contributed by atoms with E-state index in [1.165, 1.54) is 11.1 Å². The van der Waals surface area contributed by atoms with Crippen molar-refractivity contribution in [2.24, 2.45) is 0 Å². The molecule has 2 N–H and O–H groups in total. The zero-order valence-electron chi connectivity index (χ0n) is 14.1. The van der Waals surface area contributed by atoms with Crippen molar-refractivity contribution in [1.82, 2.24) is 10.3 Å². The van der Waals surface area contributed by atoms with Crippen LogP contribution in [0.1, 0.15) is 16.8 Å². The van der Waals surface area contributed by atoms with Crippen LogP contribution in [-0.4, -0.2) is 48.4 Å². The average Bonchev–Trinajstić information content (AvgIpc) is 2.66. The lowest BCUT2D eigenvalue weighted by atomic mass is 10.2. The third-order valence-electron chi connectivity index (χ3n) is 3.42. The number of nitrogens with one attached hydrogen (secondary N) is 1. The van der Waals surface area contributed by atoms with E-state index in [1.54, 1.807) is 12.3 Å². The number of pyridine rings is 1. The highest BCUT2D eigenvalue weighted by Crippen LogP contribution is 2.18. The van der Waals surface area contributed by atoms with Gasteiger partial charge >= 0.3 is 6.09 Å². The number of hydrogen-bond acceptors (Lipinski definition) is 5. The minimum absolute atomic E-state index is 0.00274. The molecule has 0 radical (unpaired) electrons. The molecule has 2 aromatic rings. The fourth-order valence-corrected chi connectivity index (χ4v) is 2.56. The van der Waals surface area contributed by atoms with Gasteiger partial charge < -0.3 is 20.1 Å². The number of carbonyl (C=O) groups is 2. The quantitative estimate of drug-likeness (QED) is 0.639. The first kappa shape index (κ1) is 19.9. The summed E-state index contributed by atoms with van der Waals surface area (Å²) < 4.78 is 5.80. The summed E-state index contributed by atoms with van der Waals surface area (Å²) in [5, 5.41) is 11.2. The molecule has 26 heavy (non-hydrogen) atoms. The molecule has 138 valence electrons. The van der Waals surface area contributed by atoms with Crippen molar-refractivity contribution in [3.8, 4) is 0 Å². The van der Waals surface area contributed by atoms with E-state index in [2.05, 4.69) is 26.2 Å². The lowest BCUT2D eigenvalue weighted by Crippen LogP contribution is -2.36. The van der Waals surface area contributed by atoms with Crippen molar-refractivity contribution in [3.63, 3.8) is 0 Å². The number of alkyl carbamates (subject to hydrolysis) is 1. The molecule has 7 nitrogen and oxygen atoms in total. The summed E-state index contributed by atoms with van der Waals surface area (Å²) in [6.07, 6.45) is 2.97. The smallest absolute Gasteiger partial charge is 0.407 e. The molecular formula is C18H20BrN3O4. The normalized spacial score (nSPS) is 10.2. The summed E-state index contributed by atoms with van der Waals surface area (Å²) >= 11 is 3.31. The summed E-state index contributed by atoms with van der Waals surface area (Å²) in [5.41, 5.74) is 1.12. The largest absolute Gasteiger partial charge is 0.448 e. The van der Waals surface area contributed by atoms with E-state index < -0.39 is 6.09 Å². The Morgan fingerprint density at radius 2 is 2.00 bits per heavy atom. The first-order chi connectivity index (χ1) is 12.6. The van der Waals surface area contributed by atoms with Crippen molar-refractivity contribution < 1.29 is 19.4 Å². The summed E-state index contributed by atoms with van der Waals surface area (Å²) in [6, 6.07) is 10.8. The molecule has 0 atom stereocenters. The minimum atomic E-state index is -0.581. The number of aromatic nitrogens is 1. The van der Waals surface area contributed by atoms with Crippen LogP contribution in [0.25, 0.3) is 0 Å². The maximum Gasteiger partial charge on any atom is 0.407 e. The van der Waals surface area contributed by atoms with Crippen molar-refractivity contribution in [3.05, 3.63) is 58.8 Å². The Balaban J connectivity index is 2.03. The third-order valence-corrected chi connectivity index (χ3v) is 3.85. The average molecular weight is 422 g/mol. The Morgan fingerprint density at radius 1 is 1.23 bits per heavy atom. The number of rotatable bonds is 8. The van der Waals surface area contributed by atoms with E-state index in [0.717, 1.165) is 0 Å². The predicted molar refractivity (Wildman–Crippen MR) is 101 cm³/mol. The number of anilines is 1. The number of hydrogen-bond donors (Lipinski definition) is 2. The van der Waals surface area contributed by atoms with E-state index in [4.69, 9.17) is 9.84 Å². The topological polar surface area (TPSA) is 91.8 Å². The third kappa shape index (κ3) is 6.12. The van der Waals surface area contributed by atoms with Gasteiger partial charge in [0.05, 0.1) is 12.1 Å². The zero-order chi connectivity index (χ0) is 18.8. The monoisotopic (exact) mass is 421 g/mol. The predicted octanol–water partition coefficient (Wildman–Crippen LogP) is 2.60. The lowest BCUT2D eigenvalue weighted by molar-refractivity contribution is 0.0972. The van der Waals surface area contributed by atoms with Crippen molar-refractivity contribution in [2.75, 3.05) is 31.2 Å². The number of aliphatic hydroxyl groups excluding tert-OH is 1. The molecular weight excluding hydrogens is 402 g/mol. The van der Waals surface area contributed by atoms with Gasteiger partial charge in [0.1, 0.15) is 6.61 Å². The lowest BCUT2D eigenvalue weighted by Gasteiger charge is -2.23. The van der Waals surface area contributed by atoms with E-state index >= 15 is 0 Å². The first-order valence-electron chi connectivity index (χ1n) is 8.11. The molecule has 0 saturated carbocycles. The summed E-state index contributed by atoms with van der Waals surface area (Å²) in [7, 11) is 0. The molecule has 1 heterocycles. The van der Waals surface area contributed by atoms with Crippen LogP contribution < -0.4 is 10.2 Å². The molecule has 0 bridgehead atoms. The maximum atomic E-state index is 12.9. The van der Waals surface area contributed by atoms with Crippen LogP contribution in [0.4, 0.5) is 10.5 Å². The number of amides is 2. The number of nitrogens with zero attached hydrogens (tertiary/aromatic N) is 2. The molecule has 2 rings (SSSR count). The Bertz CT molecular complexity index is 727. The van der Waals surface area contributed by atoms with Crippen LogP contribution in [0.3, 0.4) is 0 Å². The molecule has 0 aliphatic rings. The molecule has 1 aromatic carbocycles.